The Hall–Kier alpha value is -1.86. The average Bonchev–Trinajstić information content (AvgIpc) is 2.37. The summed E-state index contributed by atoms with van der Waals surface area (Å²) in [6, 6.07) is 6.73. The molecule has 0 bridgehead atoms. The van der Waals surface area contributed by atoms with Gasteiger partial charge >= 0.3 is 6.36 Å². The number of hydrogen-bond acceptors (Lipinski definition) is 2. The minimum atomic E-state index is -4.79. The number of benzene rings is 2. The van der Waals surface area contributed by atoms with E-state index in [9.17, 15) is 22.0 Å². The Morgan fingerprint density at radius 3 is 2.05 bits per heavy atom. The van der Waals surface area contributed by atoms with Crippen LogP contribution in [0.3, 0.4) is 0 Å². The van der Waals surface area contributed by atoms with Gasteiger partial charge in [0.05, 0.1) is 6.04 Å². The van der Waals surface area contributed by atoms with E-state index in [1.807, 2.05) is 0 Å². The second-order valence-electron chi connectivity index (χ2n) is 4.26. The van der Waals surface area contributed by atoms with E-state index >= 15 is 0 Å². The van der Waals surface area contributed by atoms with E-state index in [1.54, 1.807) is 0 Å². The maximum Gasteiger partial charge on any atom is 0.573 e. The van der Waals surface area contributed by atoms with Crippen molar-refractivity contribution in [3.63, 3.8) is 0 Å². The topological polar surface area (TPSA) is 35.2 Å². The molecule has 2 N–H and O–H groups in total. The highest BCUT2D eigenvalue weighted by atomic mass is 35.5. The molecule has 0 fully saturated rings. The molecule has 2 rings (SSSR count). The van der Waals surface area contributed by atoms with Crippen LogP contribution < -0.4 is 10.5 Å². The van der Waals surface area contributed by atoms with Gasteiger partial charge in [-0.1, -0.05) is 18.2 Å². The molecule has 0 aromatic heterocycles. The van der Waals surface area contributed by atoms with E-state index in [2.05, 4.69) is 4.74 Å². The Bertz CT molecular complexity index is 630. The van der Waals surface area contributed by atoms with Gasteiger partial charge in [0.1, 0.15) is 17.4 Å². The molecule has 8 heteroatoms. The van der Waals surface area contributed by atoms with Gasteiger partial charge in [0.2, 0.25) is 0 Å². The summed E-state index contributed by atoms with van der Waals surface area (Å²) in [4.78, 5) is 0. The number of alkyl halides is 3. The molecule has 0 amide bonds. The standard InChI is InChI=1S/C14H10F5NO.ClH/c15-9-3-6-11(12(16)7-9)13(20)8-1-4-10(5-2-8)21-14(17,18)19;/h1-7,13H,20H2;1H/t13-;/m1./s1. The van der Waals surface area contributed by atoms with E-state index in [-0.39, 0.29) is 18.0 Å². The Kier molecular flexibility index (Phi) is 5.73. The Labute approximate surface area is 129 Å². The van der Waals surface area contributed by atoms with Crippen LogP contribution in [-0.4, -0.2) is 6.36 Å². The first kappa shape index (κ1) is 18.2. The van der Waals surface area contributed by atoms with Crippen LogP contribution in [0.4, 0.5) is 22.0 Å². The lowest BCUT2D eigenvalue weighted by Gasteiger charge is -2.15. The zero-order valence-electron chi connectivity index (χ0n) is 10.9. The van der Waals surface area contributed by atoms with Gasteiger partial charge in [0.25, 0.3) is 0 Å². The third-order valence-corrected chi connectivity index (χ3v) is 2.77. The highest BCUT2D eigenvalue weighted by molar-refractivity contribution is 5.85. The monoisotopic (exact) mass is 339 g/mol. The molecule has 22 heavy (non-hydrogen) atoms. The molecule has 0 saturated heterocycles. The summed E-state index contributed by atoms with van der Waals surface area (Å²) >= 11 is 0. The average molecular weight is 340 g/mol. The Morgan fingerprint density at radius 1 is 0.955 bits per heavy atom. The Morgan fingerprint density at radius 2 is 1.55 bits per heavy atom. The molecule has 2 aromatic carbocycles. The smallest absolute Gasteiger partial charge is 0.406 e. The molecule has 120 valence electrons. The van der Waals surface area contributed by atoms with Crippen molar-refractivity contribution in [2.24, 2.45) is 5.73 Å². The molecule has 0 radical (unpaired) electrons. The second kappa shape index (κ2) is 6.93. The van der Waals surface area contributed by atoms with Gasteiger partial charge in [-0.05, 0) is 23.8 Å². The third kappa shape index (κ3) is 4.57. The predicted molar refractivity (Wildman–Crippen MR) is 72.8 cm³/mol. The highest BCUT2D eigenvalue weighted by Gasteiger charge is 2.31. The number of hydrogen-bond donors (Lipinski definition) is 1. The summed E-state index contributed by atoms with van der Waals surface area (Å²) < 4.78 is 66.2. The van der Waals surface area contributed by atoms with Crippen LogP contribution in [0.15, 0.2) is 42.5 Å². The summed E-state index contributed by atoms with van der Waals surface area (Å²) in [6.07, 6.45) is -4.79. The van der Waals surface area contributed by atoms with Crippen molar-refractivity contribution >= 4 is 12.4 Å². The lowest BCUT2D eigenvalue weighted by atomic mass is 9.99. The largest absolute Gasteiger partial charge is 0.573 e. The SMILES string of the molecule is Cl.N[C@H](c1ccc(OC(F)(F)F)cc1)c1ccc(F)cc1F. The zero-order chi connectivity index (χ0) is 15.6. The van der Waals surface area contributed by atoms with Crippen molar-refractivity contribution in [2.75, 3.05) is 0 Å². The van der Waals surface area contributed by atoms with E-state index in [4.69, 9.17) is 5.73 Å². The quantitative estimate of drug-likeness (QED) is 0.845. The summed E-state index contributed by atoms with van der Waals surface area (Å²) in [7, 11) is 0. The minimum absolute atomic E-state index is 0. The molecule has 2 aromatic rings. The van der Waals surface area contributed by atoms with Crippen molar-refractivity contribution in [2.45, 2.75) is 12.4 Å². The summed E-state index contributed by atoms with van der Waals surface area (Å²) in [6.45, 7) is 0. The lowest BCUT2D eigenvalue weighted by Crippen LogP contribution is -2.17. The second-order valence-corrected chi connectivity index (χ2v) is 4.26. The van der Waals surface area contributed by atoms with E-state index in [0.717, 1.165) is 18.2 Å². The fraction of sp³-hybridized carbons (Fsp3) is 0.143. The number of nitrogens with two attached hydrogens (primary N) is 1. The predicted octanol–water partition coefficient (Wildman–Crippen LogP) is 4.33. The van der Waals surface area contributed by atoms with Crippen molar-refractivity contribution in [1.82, 2.24) is 0 Å². The highest BCUT2D eigenvalue weighted by Crippen LogP contribution is 2.27. The van der Waals surface area contributed by atoms with Crippen LogP contribution >= 0.6 is 12.4 Å². The molecule has 0 unspecified atom stereocenters. The first-order valence-electron chi connectivity index (χ1n) is 5.82. The molecule has 0 aliphatic rings. The first-order valence-corrected chi connectivity index (χ1v) is 5.82. The molecular weight excluding hydrogens is 329 g/mol. The maximum atomic E-state index is 13.6. The van der Waals surface area contributed by atoms with Gasteiger partial charge in [-0.2, -0.15) is 0 Å². The summed E-state index contributed by atoms with van der Waals surface area (Å²) in [5.41, 5.74) is 6.23. The molecule has 1 atom stereocenters. The van der Waals surface area contributed by atoms with Crippen molar-refractivity contribution in [1.29, 1.82) is 0 Å². The number of halogens is 6. The van der Waals surface area contributed by atoms with Gasteiger partial charge in [-0.15, -0.1) is 25.6 Å². The molecule has 0 spiro atoms. The van der Waals surface area contributed by atoms with Crippen LogP contribution in [0.2, 0.25) is 0 Å². The van der Waals surface area contributed by atoms with E-state index in [0.29, 0.717) is 11.6 Å². The van der Waals surface area contributed by atoms with Crippen LogP contribution in [0.1, 0.15) is 17.2 Å². The van der Waals surface area contributed by atoms with Gasteiger partial charge < -0.3 is 10.5 Å². The van der Waals surface area contributed by atoms with Crippen LogP contribution in [0.25, 0.3) is 0 Å². The summed E-state index contributed by atoms with van der Waals surface area (Å²) in [5.74, 6) is -1.96. The molecule has 0 aliphatic heterocycles. The molecule has 2 nitrogen and oxygen atoms in total. The van der Waals surface area contributed by atoms with Crippen LogP contribution in [0.5, 0.6) is 5.75 Å². The Balaban J connectivity index is 0.00000242. The first-order chi connectivity index (χ1) is 9.76. The zero-order valence-corrected chi connectivity index (χ0v) is 11.7. The van der Waals surface area contributed by atoms with Gasteiger partial charge in [0, 0.05) is 11.6 Å². The minimum Gasteiger partial charge on any atom is -0.406 e. The number of ether oxygens (including phenoxy) is 1. The van der Waals surface area contributed by atoms with Crippen molar-refractivity contribution < 1.29 is 26.7 Å². The maximum absolute atomic E-state index is 13.6. The van der Waals surface area contributed by atoms with Crippen molar-refractivity contribution in [3.05, 3.63) is 65.2 Å². The fourth-order valence-corrected chi connectivity index (χ4v) is 1.81. The van der Waals surface area contributed by atoms with Gasteiger partial charge in [-0.25, -0.2) is 8.78 Å². The lowest BCUT2D eigenvalue weighted by molar-refractivity contribution is -0.274. The normalized spacial score (nSPS) is 12.5. The van der Waals surface area contributed by atoms with Crippen LogP contribution in [0, 0.1) is 11.6 Å². The third-order valence-electron chi connectivity index (χ3n) is 2.77. The van der Waals surface area contributed by atoms with E-state index < -0.39 is 29.8 Å². The molecule has 0 aliphatic carbocycles. The van der Waals surface area contributed by atoms with E-state index in [1.165, 1.54) is 18.2 Å². The van der Waals surface area contributed by atoms with Crippen LogP contribution in [-0.2, 0) is 0 Å². The fourth-order valence-electron chi connectivity index (χ4n) is 1.81. The summed E-state index contributed by atoms with van der Waals surface area (Å²) in [5, 5.41) is 0. The van der Waals surface area contributed by atoms with Gasteiger partial charge in [-0.3, -0.25) is 0 Å². The van der Waals surface area contributed by atoms with Gasteiger partial charge in [0.15, 0.2) is 0 Å². The number of rotatable bonds is 3. The van der Waals surface area contributed by atoms with Crippen molar-refractivity contribution in [3.8, 4) is 5.75 Å². The molecule has 0 heterocycles. The molecular formula is C14H11ClF5NO. The molecule has 0 saturated carbocycles.